The van der Waals surface area contributed by atoms with Gasteiger partial charge in [0.05, 0.1) is 5.84 Å². The molecule has 0 aliphatic carbocycles. The highest BCUT2D eigenvalue weighted by Crippen LogP contribution is 2.08. The zero-order valence-electron chi connectivity index (χ0n) is 8.85. The van der Waals surface area contributed by atoms with Gasteiger partial charge in [-0.2, -0.15) is 0 Å². The molecule has 2 heteroatoms. The lowest BCUT2D eigenvalue weighted by molar-refractivity contribution is 0.337. The molecule has 2 nitrogen and oxygen atoms in total. The molecule has 0 amide bonds. The molecule has 72 valence electrons. The Morgan fingerprint density at radius 1 is 1.25 bits per heavy atom. The Kier molecular flexibility index (Phi) is 5.77. The Hall–Kier alpha value is -0.530. The number of rotatable bonds is 5. The van der Waals surface area contributed by atoms with E-state index in [2.05, 4.69) is 25.7 Å². The molecule has 0 unspecified atom stereocenters. The Bertz CT molecular complexity index is 128. The summed E-state index contributed by atoms with van der Waals surface area (Å²) in [5.41, 5.74) is 0. The van der Waals surface area contributed by atoms with Crippen LogP contribution in [0.4, 0.5) is 0 Å². The van der Waals surface area contributed by atoms with Crippen LogP contribution in [0, 0.1) is 5.41 Å². The fourth-order valence-corrected chi connectivity index (χ4v) is 1.47. The minimum Gasteiger partial charge on any atom is -0.361 e. The van der Waals surface area contributed by atoms with Crippen molar-refractivity contribution in [3.05, 3.63) is 0 Å². The van der Waals surface area contributed by atoms with Crippen molar-refractivity contribution >= 4 is 5.84 Å². The summed E-state index contributed by atoms with van der Waals surface area (Å²) in [6.45, 7) is 6.49. The van der Waals surface area contributed by atoms with Crippen molar-refractivity contribution in [3.63, 3.8) is 0 Å². The van der Waals surface area contributed by atoms with E-state index in [4.69, 9.17) is 5.41 Å². The molecule has 0 fully saturated rings. The lowest BCUT2D eigenvalue weighted by Gasteiger charge is -2.28. The van der Waals surface area contributed by atoms with E-state index < -0.39 is 0 Å². The number of nitrogens with zero attached hydrogens (tertiary/aromatic N) is 1. The van der Waals surface area contributed by atoms with E-state index in [1.807, 2.05) is 7.05 Å². The van der Waals surface area contributed by atoms with Crippen LogP contribution in [-0.4, -0.2) is 23.8 Å². The minimum atomic E-state index is 0.559. The molecule has 1 N–H and O–H groups in total. The molecule has 0 aromatic heterocycles. The van der Waals surface area contributed by atoms with Gasteiger partial charge in [0.1, 0.15) is 0 Å². The smallest absolute Gasteiger partial charge is 0.0957 e. The molecule has 0 spiro atoms. The van der Waals surface area contributed by atoms with E-state index in [0.717, 1.165) is 31.5 Å². The highest BCUT2D eigenvalue weighted by atomic mass is 15.2. The van der Waals surface area contributed by atoms with Gasteiger partial charge >= 0.3 is 0 Å². The molecule has 0 aliphatic heterocycles. The normalized spacial score (nSPS) is 10.4. The van der Waals surface area contributed by atoms with Crippen LogP contribution in [0.25, 0.3) is 0 Å². The first kappa shape index (κ1) is 11.5. The highest BCUT2D eigenvalue weighted by Gasteiger charge is 2.12. The first-order valence-electron chi connectivity index (χ1n) is 4.97. The molecule has 0 rings (SSSR count). The third kappa shape index (κ3) is 3.24. The van der Waals surface area contributed by atoms with Gasteiger partial charge in [-0.05, 0) is 19.3 Å². The van der Waals surface area contributed by atoms with Crippen LogP contribution in [0.5, 0.6) is 0 Å². The summed E-state index contributed by atoms with van der Waals surface area (Å²) in [5.74, 6) is 0.784. The maximum atomic E-state index is 7.76. The molecular weight excluding hydrogens is 148 g/mol. The summed E-state index contributed by atoms with van der Waals surface area (Å²) in [5, 5.41) is 7.76. The van der Waals surface area contributed by atoms with Crippen LogP contribution in [0.3, 0.4) is 0 Å². The molecule has 0 aromatic rings. The van der Waals surface area contributed by atoms with Gasteiger partial charge in [-0.25, -0.2) is 0 Å². The Morgan fingerprint density at radius 2 is 1.75 bits per heavy atom. The highest BCUT2D eigenvalue weighted by molar-refractivity contribution is 5.79. The quantitative estimate of drug-likeness (QED) is 0.498. The standard InChI is InChI=1S/C10H22N2/c1-5-8-10(11)12(4)9(6-2)7-3/h9,11H,5-8H2,1-4H3. The monoisotopic (exact) mass is 170 g/mol. The van der Waals surface area contributed by atoms with Gasteiger partial charge < -0.3 is 4.90 Å². The summed E-state index contributed by atoms with van der Waals surface area (Å²) >= 11 is 0. The van der Waals surface area contributed by atoms with Gasteiger partial charge in [-0.3, -0.25) is 5.41 Å². The summed E-state index contributed by atoms with van der Waals surface area (Å²) in [7, 11) is 2.04. The third-order valence-electron chi connectivity index (χ3n) is 2.40. The average molecular weight is 170 g/mol. The van der Waals surface area contributed by atoms with Crippen molar-refractivity contribution in [2.75, 3.05) is 7.05 Å². The molecule has 0 heterocycles. The van der Waals surface area contributed by atoms with E-state index in [1.54, 1.807) is 0 Å². The van der Waals surface area contributed by atoms with Crippen LogP contribution < -0.4 is 0 Å². The van der Waals surface area contributed by atoms with Crippen LogP contribution in [-0.2, 0) is 0 Å². The lowest BCUT2D eigenvalue weighted by atomic mass is 10.1. The first-order chi connectivity index (χ1) is 5.67. The zero-order valence-corrected chi connectivity index (χ0v) is 8.85. The molecule has 0 saturated heterocycles. The fourth-order valence-electron chi connectivity index (χ4n) is 1.47. The van der Waals surface area contributed by atoms with Crippen molar-refractivity contribution in [1.29, 1.82) is 5.41 Å². The predicted molar refractivity (Wildman–Crippen MR) is 54.8 cm³/mol. The van der Waals surface area contributed by atoms with Gasteiger partial charge in [-0.15, -0.1) is 0 Å². The van der Waals surface area contributed by atoms with E-state index in [-0.39, 0.29) is 0 Å². The van der Waals surface area contributed by atoms with Crippen LogP contribution in [0.1, 0.15) is 46.5 Å². The topological polar surface area (TPSA) is 27.1 Å². The SMILES string of the molecule is CCCC(=N)N(C)C(CC)CC. The average Bonchev–Trinajstić information content (AvgIpc) is 2.07. The van der Waals surface area contributed by atoms with Gasteiger partial charge in [0, 0.05) is 19.5 Å². The molecule has 0 atom stereocenters. The molecule has 0 aromatic carbocycles. The number of amidine groups is 1. The minimum absolute atomic E-state index is 0.559. The zero-order chi connectivity index (χ0) is 9.56. The number of hydrogen-bond donors (Lipinski definition) is 1. The fraction of sp³-hybridized carbons (Fsp3) is 0.900. The van der Waals surface area contributed by atoms with E-state index in [0.29, 0.717) is 6.04 Å². The molecule has 12 heavy (non-hydrogen) atoms. The first-order valence-corrected chi connectivity index (χ1v) is 4.97. The molecule has 0 aliphatic rings. The van der Waals surface area contributed by atoms with Gasteiger partial charge in [0.25, 0.3) is 0 Å². The second-order valence-corrected chi connectivity index (χ2v) is 3.28. The second-order valence-electron chi connectivity index (χ2n) is 3.28. The predicted octanol–water partition coefficient (Wildman–Crippen LogP) is 2.88. The van der Waals surface area contributed by atoms with Crippen molar-refractivity contribution in [2.45, 2.75) is 52.5 Å². The maximum Gasteiger partial charge on any atom is 0.0957 e. The van der Waals surface area contributed by atoms with Gasteiger partial charge in [0.15, 0.2) is 0 Å². The van der Waals surface area contributed by atoms with Crippen molar-refractivity contribution < 1.29 is 0 Å². The summed E-state index contributed by atoms with van der Waals surface area (Å²) in [6.07, 6.45) is 4.26. The van der Waals surface area contributed by atoms with Crippen molar-refractivity contribution in [3.8, 4) is 0 Å². The lowest BCUT2D eigenvalue weighted by Crippen LogP contribution is -2.35. The van der Waals surface area contributed by atoms with Crippen molar-refractivity contribution in [2.24, 2.45) is 0 Å². The second kappa shape index (κ2) is 6.04. The Morgan fingerprint density at radius 3 is 2.08 bits per heavy atom. The Balaban J connectivity index is 3.96. The molecule has 0 radical (unpaired) electrons. The van der Waals surface area contributed by atoms with Crippen LogP contribution in [0.15, 0.2) is 0 Å². The summed E-state index contributed by atoms with van der Waals surface area (Å²) in [4.78, 5) is 2.11. The van der Waals surface area contributed by atoms with Gasteiger partial charge in [-0.1, -0.05) is 20.8 Å². The largest absolute Gasteiger partial charge is 0.361 e. The molecule has 0 bridgehead atoms. The third-order valence-corrected chi connectivity index (χ3v) is 2.40. The summed E-state index contributed by atoms with van der Waals surface area (Å²) < 4.78 is 0. The molecular formula is C10H22N2. The number of hydrogen-bond acceptors (Lipinski definition) is 1. The van der Waals surface area contributed by atoms with Crippen LogP contribution >= 0.6 is 0 Å². The number of nitrogens with one attached hydrogen (secondary N) is 1. The van der Waals surface area contributed by atoms with Gasteiger partial charge in [0.2, 0.25) is 0 Å². The Labute approximate surface area is 76.5 Å². The molecule has 0 saturated carbocycles. The van der Waals surface area contributed by atoms with E-state index >= 15 is 0 Å². The van der Waals surface area contributed by atoms with E-state index in [1.165, 1.54) is 0 Å². The van der Waals surface area contributed by atoms with E-state index in [9.17, 15) is 0 Å². The van der Waals surface area contributed by atoms with Crippen LogP contribution in [0.2, 0.25) is 0 Å². The summed E-state index contributed by atoms with van der Waals surface area (Å²) in [6, 6.07) is 0.559. The van der Waals surface area contributed by atoms with Crippen molar-refractivity contribution in [1.82, 2.24) is 4.90 Å². The maximum absolute atomic E-state index is 7.76.